The molecule has 0 aliphatic carbocycles. The van der Waals surface area contributed by atoms with Crippen molar-refractivity contribution in [1.29, 1.82) is 0 Å². The zero-order valence-corrected chi connectivity index (χ0v) is 13.7. The van der Waals surface area contributed by atoms with E-state index in [1.54, 1.807) is 18.3 Å². The zero-order chi connectivity index (χ0) is 16.8. The van der Waals surface area contributed by atoms with E-state index in [0.717, 1.165) is 32.4 Å². The third-order valence-corrected chi connectivity index (χ3v) is 4.32. The minimum absolute atomic E-state index is 0.158. The van der Waals surface area contributed by atoms with Gasteiger partial charge in [-0.25, -0.2) is 4.98 Å². The Morgan fingerprint density at radius 1 is 1.25 bits per heavy atom. The number of ether oxygens (including phenoxy) is 1. The molecular formula is C19H23N3O2. The molecule has 2 aromatic rings. The first-order chi connectivity index (χ1) is 11.7. The fraction of sp³-hybridized carbons (Fsp3) is 0.368. The summed E-state index contributed by atoms with van der Waals surface area (Å²) in [6.07, 6.45) is 4.97. The first kappa shape index (κ1) is 16.5. The van der Waals surface area contributed by atoms with E-state index in [4.69, 9.17) is 10.5 Å². The van der Waals surface area contributed by atoms with Crippen molar-refractivity contribution in [2.24, 2.45) is 5.73 Å². The molecule has 1 aromatic carbocycles. The second-order valence-corrected chi connectivity index (χ2v) is 6.06. The summed E-state index contributed by atoms with van der Waals surface area (Å²) in [5.41, 5.74) is 7.29. The third-order valence-electron chi connectivity index (χ3n) is 4.32. The predicted molar refractivity (Wildman–Crippen MR) is 94.1 cm³/mol. The number of primary amides is 1. The van der Waals surface area contributed by atoms with Crippen molar-refractivity contribution in [3.8, 4) is 0 Å². The summed E-state index contributed by atoms with van der Waals surface area (Å²) in [7, 11) is 0. The number of nitrogens with zero attached hydrogens (tertiary/aromatic N) is 2. The van der Waals surface area contributed by atoms with Crippen LogP contribution in [0.2, 0.25) is 0 Å². The zero-order valence-electron chi connectivity index (χ0n) is 13.7. The number of carbonyl (C=O) groups is 1. The number of rotatable bonds is 6. The van der Waals surface area contributed by atoms with Gasteiger partial charge in [-0.1, -0.05) is 30.3 Å². The van der Waals surface area contributed by atoms with Gasteiger partial charge in [0.05, 0.1) is 18.3 Å². The third kappa shape index (κ3) is 4.11. The minimum atomic E-state index is -0.440. The number of anilines is 1. The summed E-state index contributed by atoms with van der Waals surface area (Å²) in [6.45, 7) is 2.11. The van der Waals surface area contributed by atoms with E-state index < -0.39 is 5.91 Å². The van der Waals surface area contributed by atoms with Crippen molar-refractivity contribution in [2.45, 2.75) is 25.4 Å². The van der Waals surface area contributed by atoms with Crippen LogP contribution in [0, 0.1) is 0 Å². The van der Waals surface area contributed by atoms with E-state index in [1.807, 2.05) is 6.07 Å². The van der Waals surface area contributed by atoms with E-state index in [-0.39, 0.29) is 6.10 Å². The number of aryl methyl sites for hydroxylation is 1. The van der Waals surface area contributed by atoms with Gasteiger partial charge in [0.2, 0.25) is 0 Å². The lowest BCUT2D eigenvalue weighted by molar-refractivity contribution is 0.0337. The molecule has 1 unspecified atom stereocenters. The highest BCUT2D eigenvalue weighted by molar-refractivity contribution is 5.97. The molecule has 126 valence electrons. The molecule has 24 heavy (non-hydrogen) atoms. The smallest absolute Gasteiger partial charge is 0.252 e. The van der Waals surface area contributed by atoms with E-state index in [1.165, 1.54) is 5.56 Å². The van der Waals surface area contributed by atoms with Gasteiger partial charge in [-0.3, -0.25) is 4.79 Å². The van der Waals surface area contributed by atoms with Crippen LogP contribution in [0.15, 0.2) is 48.7 Å². The molecule has 0 radical (unpaired) electrons. The van der Waals surface area contributed by atoms with Crippen molar-refractivity contribution in [3.05, 3.63) is 59.8 Å². The number of amides is 1. The molecule has 1 aliphatic rings. The molecule has 2 N–H and O–H groups in total. The second-order valence-electron chi connectivity index (χ2n) is 6.06. The van der Waals surface area contributed by atoms with Crippen molar-refractivity contribution < 1.29 is 9.53 Å². The number of benzene rings is 1. The van der Waals surface area contributed by atoms with Gasteiger partial charge in [-0.2, -0.15) is 0 Å². The van der Waals surface area contributed by atoms with E-state index >= 15 is 0 Å². The Hall–Kier alpha value is -2.40. The molecule has 5 heteroatoms. The molecular weight excluding hydrogens is 302 g/mol. The van der Waals surface area contributed by atoms with Gasteiger partial charge in [0.1, 0.15) is 5.82 Å². The maximum atomic E-state index is 11.6. The minimum Gasteiger partial charge on any atom is -0.375 e. The lowest BCUT2D eigenvalue weighted by Crippen LogP contribution is -2.43. The van der Waals surface area contributed by atoms with Gasteiger partial charge in [-0.05, 0) is 37.0 Å². The van der Waals surface area contributed by atoms with Gasteiger partial charge in [0.15, 0.2) is 0 Å². The van der Waals surface area contributed by atoms with Crippen molar-refractivity contribution in [1.82, 2.24) is 4.98 Å². The number of nitrogens with two attached hydrogens (primary N) is 1. The number of hydrogen-bond acceptors (Lipinski definition) is 4. The van der Waals surface area contributed by atoms with Crippen LogP contribution in [-0.4, -0.2) is 36.7 Å². The molecule has 5 nitrogen and oxygen atoms in total. The van der Waals surface area contributed by atoms with Crippen LogP contribution in [0.1, 0.15) is 28.8 Å². The Balaban J connectivity index is 1.58. The summed E-state index contributed by atoms with van der Waals surface area (Å²) in [4.78, 5) is 18.1. The topological polar surface area (TPSA) is 68.5 Å². The quantitative estimate of drug-likeness (QED) is 0.885. The highest BCUT2D eigenvalue weighted by Gasteiger charge is 2.24. The molecule has 1 atom stereocenters. The molecule has 1 fully saturated rings. The average Bonchev–Trinajstić information content (AvgIpc) is 2.63. The number of hydrogen-bond donors (Lipinski definition) is 1. The SMILES string of the molecule is NC(=O)c1cccnc1N1CCOC(CCCc2ccccc2)C1. The van der Waals surface area contributed by atoms with E-state index in [2.05, 4.69) is 34.1 Å². The summed E-state index contributed by atoms with van der Waals surface area (Å²) >= 11 is 0. The molecule has 1 amide bonds. The van der Waals surface area contributed by atoms with Gasteiger partial charge < -0.3 is 15.4 Å². The number of carbonyl (C=O) groups excluding carboxylic acids is 1. The van der Waals surface area contributed by atoms with Crippen LogP contribution < -0.4 is 10.6 Å². The summed E-state index contributed by atoms with van der Waals surface area (Å²) in [5, 5.41) is 0. The van der Waals surface area contributed by atoms with Crippen LogP contribution in [0.3, 0.4) is 0 Å². The molecule has 0 bridgehead atoms. The highest BCUT2D eigenvalue weighted by Crippen LogP contribution is 2.21. The maximum Gasteiger partial charge on any atom is 0.252 e. The average molecular weight is 325 g/mol. The molecule has 1 aliphatic heterocycles. The lowest BCUT2D eigenvalue weighted by Gasteiger charge is -2.34. The Morgan fingerprint density at radius 3 is 2.88 bits per heavy atom. The molecule has 0 saturated carbocycles. The maximum absolute atomic E-state index is 11.6. The lowest BCUT2D eigenvalue weighted by atomic mass is 10.0. The predicted octanol–water partition coefficient (Wildman–Crippen LogP) is 2.41. The van der Waals surface area contributed by atoms with E-state index in [9.17, 15) is 4.79 Å². The van der Waals surface area contributed by atoms with Gasteiger partial charge in [-0.15, -0.1) is 0 Å². The number of aromatic nitrogens is 1. The fourth-order valence-corrected chi connectivity index (χ4v) is 3.11. The van der Waals surface area contributed by atoms with E-state index in [0.29, 0.717) is 18.0 Å². The highest BCUT2D eigenvalue weighted by atomic mass is 16.5. The van der Waals surface area contributed by atoms with Crippen LogP contribution in [0.5, 0.6) is 0 Å². The van der Waals surface area contributed by atoms with Gasteiger partial charge in [0, 0.05) is 19.3 Å². The molecule has 1 aromatic heterocycles. The number of pyridine rings is 1. The largest absolute Gasteiger partial charge is 0.375 e. The van der Waals surface area contributed by atoms with Crippen LogP contribution in [-0.2, 0) is 11.2 Å². The van der Waals surface area contributed by atoms with Crippen molar-refractivity contribution in [3.63, 3.8) is 0 Å². The Morgan fingerprint density at radius 2 is 2.08 bits per heavy atom. The van der Waals surface area contributed by atoms with Crippen LogP contribution in [0.4, 0.5) is 5.82 Å². The normalized spacial score (nSPS) is 17.7. The van der Waals surface area contributed by atoms with Crippen molar-refractivity contribution >= 4 is 11.7 Å². The molecule has 1 saturated heterocycles. The monoisotopic (exact) mass is 325 g/mol. The second kappa shape index (κ2) is 7.93. The van der Waals surface area contributed by atoms with Crippen LogP contribution in [0.25, 0.3) is 0 Å². The molecule has 3 rings (SSSR count). The summed E-state index contributed by atoms with van der Waals surface area (Å²) in [6, 6.07) is 13.9. The first-order valence-corrected chi connectivity index (χ1v) is 8.39. The summed E-state index contributed by atoms with van der Waals surface area (Å²) < 4.78 is 5.88. The van der Waals surface area contributed by atoms with Gasteiger partial charge >= 0.3 is 0 Å². The summed E-state index contributed by atoms with van der Waals surface area (Å²) in [5.74, 6) is 0.228. The molecule has 2 heterocycles. The fourth-order valence-electron chi connectivity index (χ4n) is 3.11. The van der Waals surface area contributed by atoms with Crippen molar-refractivity contribution in [2.75, 3.05) is 24.6 Å². The Bertz CT molecular complexity index is 675. The first-order valence-electron chi connectivity index (χ1n) is 8.39. The Kier molecular flexibility index (Phi) is 5.43. The van der Waals surface area contributed by atoms with Crippen LogP contribution >= 0.6 is 0 Å². The molecule has 0 spiro atoms. The Labute approximate surface area is 142 Å². The van der Waals surface area contributed by atoms with Gasteiger partial charge in [0.25, 0.3) is 5.91 Å². The number of morpholine rings is 1. The standard InChI is InChI=1S/C19H23N3O2/c20-18(23)17-10-5-11-21-19(17)22-12-13-24-16(14-22)9-4-8-15-6-2-1-3-7-15/h1-3,5-7,10-11,16H,4,8-9,12-14H2,(H2,20,23).